The first kappa shape index (κ1) is 13.4. The van der Waals surface area contributed by atoms with E-state index in [4.69, 9.17) is 0 Å². The molecule has 0 spiro atoms. The molecule has 100 valence electrons. The Labute approximate surface area is 107 Å². The third-order valence-corrected chi connectivity index (χ3v) is 4.59. The van der Waals surface area contributed by atoms with Crippen LogP contribution < -0.4 is 5.32 Å². The molecule has 1 N–H and O–H groups in total. The van der Waals surface area contributed by atoms with Crippen molar-refractivity contribution in [1.82, 2.24) is 10.2 Å². The van der Waals surface area contributed by atoms with Crippen molar-refractivity contribution in [2.45, 2.75) is 64.3 Å². The number of nitrogens with one attached hydrogen (secondary N) is 1. The van der Waals surface area contributed by atoms with E-state index in [0.29, 0.717) is 0 Å². The molecule has 0 unspecified atom stereocenters. The minimum Gasteiger partial charge on any atom is -0.314 e. The lowest BCUT2D eigenvalue weighted by Crippen LogP contribution is -2.43. The SMILES string of the molecule is CCCN1CCC(NCCC2CCCC2)CC1. The zero-order valence-corrected chi connectivity index (χ0v) is 11.6. The van der Waals surface area contributed by atoms with E-state index in [-0.39, 0.29) is 0 Å². The molecule has 1 saturated carbocycles. The maximum Gasteiger partial charge on any atom is 0.00914 e. The molecule has 1 heterocycles. The van der Waals surface area contributed by atoms with Crippen LogP contribution in [-0.4, -0.2) is 37.1 Å². The highest BCUT2D eigenvalue weighted by atomic mass is 15.1. The minimum atomic E-state index is 0.810. The van der Waals surface area contributed by atoms with E-state index in [2.05, 4.69) is 17.1 Å². The number of likely N-dealkylation sites (tertiary alicyclic amines) is 1. The van der Waals surface area contributed by atoms with Gasteiger partial charge in [0, 0.05) is 6.04 Å². The maximum atomic E-state index is 3.78. The van der Waals surface area contributed by atoms with Crippen molar-refractivity contribution < 1.29 is 0 Å². The largest absolute Gasteiger partial charge is 0.314 e. The number of hydrogen-bond acceptors (Lipinski definition) is 2. The van der Waals surface area contributed by atoms with Crippen LogP contribution in [0, 0.1) is 5.92 Å². The highest BCUT2D eigenvalue weighted by Gasteiger charge is 2.19. The second-order valence-electron chi connectivity index (χ2n) is 6.01. The second-order valence-corrected chi connectivity index (χ2v) is 6.01. The highest BCUT2D eigenvalue weighted by Crippen LogP contribution is 2.27. The van der Waals surface area contributed by atoms with Gasteiger partial charge in [0.15, 0.2) is 0 Å². The average Bonchev–Trinajstić information content (AvgIpc) is 2.85. The van der Waals surface area contributed by atoms with Gasteiger partial charge in [-0.05, 0) is 57.8 Å². The van der Waals surface area contributed by atoms with Crippen LogP contribution in [0.1, 0.15) is 58.3 Å². The molecule has 0 aromatic heterocycles. The van der Waals surface area contributed by atoms with Crippen LogP contribution in [-0.2, 0) is 0 Å². The molecule has 0 atom stereocenters. The van der Waals surface area contributed by atoms with E-state index in [0.717, 1.165) is 12.0 Å². The molecule has 2 heteroatoms. The van der Waals surface area contributed by atoms with Crippen molar-refractivity contribution in [2.24, 2.45) is 5.92 Å². The lowest BCUT2D eigenvalue weighted by molar-refractivity contribution is 0.197. The minimum absolute atomic E-state index is 0.810. The maximum absolute atomic E-state index is 3.78. The fraction of sp³-hybridized carbons (Fsp3) is 1.00. The van der Waals surface area contributed by atoms with Gasteiger partial charge in [-0.2, -0.15) is 0 Å². The van der Waals surface area contributed by atoms with Gasteiger partial charge < -0.3 is 10.2 Å². The molecule has 0 aromatic carbocycles. The van der Waals surface area contributed by atoms with Crippen LogP contribution in [0.25, 0.3) is 0 Å². The van der Waals surface area contributed by atoms with Crippen LogP contribution in [0.4, 0.5) is 0 Å². The van der Waals surface area contributed by atoms with Crippen molar-refractivity contribution in [1.29, 1.82) is 0 Å². The molecule has 2 nitrogen and oxygen atoms in total. The second kappa shape index (κ2) is 7.38. The van der Waals surface area contributed by atoms with E-state index in [9.17, 15) is 0 Å². The summed E-state index contributed by atoms with van der Waals surface area (Å²) in [6.45, 7) is 7.48. The predicted molar refractivity (Wildman–Crippen MR) is 74.3 cm³/mol. The lowest BCUT2D eigenvalue weighted by atomic mass is 10.0. The highest BCUT2D eigenvalue weighted by molar-refractivity contribution is 4.77. The van der Waals surface area contributed by atoms with Crippen LogP contribution >= 0.6 is 0 Å². The summed E-state index contributed by atoms with van der Waals surface area (Å²) in [5.74, 6) is 1.04. The molecular formula is C15H30N2. The van der Waals surface area contributed by atoms with E-state index >= 15 is 0 Å². The molecule has 2 fully saturated rings. The monoisotopic (exact) mass is 238 g/mol. The van der Waals surface area contributed by atoms with Gasteiger partial charge in [0.05, 0.1) is 0 Å². The van der Waals surface area contributed by atoms with Crippen LogP contribution in [0.15, 0.2) is 0 Å². The number of rotatable bonds is 6. The van der Waals surface area contributed by atoms with Crippen LogP contribution in [0.2, 0.25) is 0 Å². The Kier molecular flexibility index (Phi) is 5.79. The first-order valence-electron chi connectivity index (χ1n) is 7.84. The van der Waals surface area contributed by atoms with Gasteiger partial charge in [-0.3, -0.25) is 0 Å². The number of hydrogen-bond donors (Lipinski definition) is 1. The summed E-state index contributed by atoms with van der Waals surface area (Å²) >= 11 is 0. The molecule has 2 rings (SSSR count). The fourth-order valence-corrected chi connectivity index (χ4v) is 3.47. The average molecular weight is 238 g/mol. The van der Waals surface area contributed by atoms with Crippen LogP contribution in [0.5, 0.6) is 0 Å². The Morgan fingerprint density at radius 1 is 1.06 bits per heavy atom. The smallest absolute Gasteiger partial charge is 0.00914 e. The first-order valence-corrected chi connectivity index (χ1v) is 7.84. The zero-order chi connectivity index (χ0) is 11.9. The number of nitrogens with zero attached hydrogens (tertiary/aromatic N) is 1. The Hall–Kier alpha value is -0.0800. The Bertz CT molecular complexity index is 191. The molecule has 1 saturated heterocycles. The van der Waals surface area contributed by atoms with Crippen molar-refractivity contribution in [3.63, 3.8) is 0 Å². The Morgan fingerprint density at radius 3 is 2.41 bits per heavy atom. The topological polar surface area (TPSA) is 15.3 Å². The van der Waals surface area contributed by atoms with Crippen molar-refractivity contribution >= 4 is 0 Å². The molecule has 1 aliphatic heterocycles. The summed E-state index contributed by atoms with van der Waals surface area (Å²) in [4.78, 5) is 2.62. The van der Waals surface area contributed by atoms with Gasteiger partial charge in [-0.15, -0.1) is 0 Å². The standard InChI is InChI=1S/C15H30N2/c1-2-11-17-12-8-15(9-13-17)16-10-7-14-5-3-4-6-14/h14-16H,2-13H2,1H3. The summed E-state index contributed by atoms with van der Waals surface area (Å²) in [7, 11) is 0. The summed E-state index contributed by atoms with van der Waals surface area (Å²) in [5.41, 5.74) is 0. The predicted octanol–water partition coefficient (Wildman–Crippen LogP) is 3.03. The third-order valence-electron chi connectivity index (χ3n) is 4.59. The zero-order valence-electron chi connectivity index (χ0n) is 11.6. The van der Waals surface area contributed by atoms with E-state index < -0.39 is 0 Å². The third kappa shape index (κ3) is 4.59. The summed E-state index contributed by atoms with van der Waals surface area (Å²) in [5, 5.41) is 3.78. The Morgan fingerprint density at radius 2 is 1.76 bits per heavy atom. The van der Waals surface area contributed by atoms with E-state index in [1.165, 1.54) is 77.5 Å². The first-order chi connectivity index (χ1) is 8.38. The summed E-state index contributed by atoms with van der Waals surface area (Å²) in [6.07, 6.45) is 11.4. The molecule has 17 heavy (non-hydrogen) atoms. The quantitative estimate of drug-likeness (QED) is 0.765. The molecule has 0 bridgehead atoms. The lowest BCUT2D eigenvalue weighted by Gasteiger charge is -2.32. The molecular weight excluding hydrogens is 208 g/mol. The summed E-state index contributed by atoms with van der Waals surface area (Å²) < 4.78 is 0. The van der Waals surface area contributed by atoms with Gasteiger partial charge in [0.2, 0.25) is 0 Å². The van der Waals surface area contributed by atoms with Gasteiger partial charge in [0.1, 0.15) is 0 Å². The van der Waals surface area contributed by atoms with Crippen molar-refractivity contribution in [3.8, 4) is 0 Å². The van der Waals surface area contributed by atoms with Gasteiger partial charge in [0.25, 0.3) is 0 Å². The van der Waals surface area contributed by atoms with Gasteiger partial charge in [-0.25, -0.2) is 0 Å². The summed E-state index contributed by atoms with van der Waals surface area (Å²) in [6, 6.07) is 0.810. The van der Waals surface area contributed by atoms with Gasteiger partial charge >= 0.3 is 0 Å². The van der Waals surface area contributed by atoms with Crippen LogP contribution in [0.3, 0.4) is 0 Å². The van der Waals surface area contributed by atoms with E-state index in [1.54, 1.807) is 0 Å². The fourth-order valence-electron chi connectivity index (χ4n) is 3.47. The van der Waals surface area contributed by atoms with Crippen molar-refractivity contribution in [2.75, 3.05) is 26.2 Å². The molecule has 0 amide bonds. The van der Waals surface area contributed by atoms with Crippen molar-refractivity contribution in [3.05, 3.63) is 0 Å². The molecule has 1 aliphatic carbocycles. The number of piperidine rings is 1. The molecule has 0 radical (unpaired) electrons. The van der Waals surface area contributed by atoms with Gasteiger partial charge in [-0.1, -0.05) is 32.6 Å². The Balaban J connectivity index is 1.52. The molecule has 0 aromatic rings. The normalized spacial score (nSPS) is 24.5. The molecule has 2 aliphatic rings. The van der Waals surface area contributed by atoms with E-state index in [1.807, 2.05) is 0 Å².